The van der Waals surface area contributed by atoms with Crippen molar-refractivity contribution in [2.45, 2.75) is 13.2 Å². The van der Waals surface area contributed by atoms with E-state index in [1.807, 2.05) is 66.5 Å². The maximum absolute atomic E-state index is 12.0. The Kier molecular flexibility index (Phi) is 4.31. The van der Waals surface area contributed by atoms with E-state index in [9.17, 15) is 4.79 Å². The third-order valence-electron chi connectivity index (χ3n) is 4.30. The molecule has 0 unspecified atom stereocenters. The van der Waals surface area contributed by atoms with Gasteiger partial charge >= 0.3 is 5.69 Å². The van der Waals surface area contributed by atoms with Gasteiger partial charge in [0, 0.05) is 26.2 Å². The molecule has 0 radical (unpaired) electrons. The summed E-state index contributed by atoms with van der Waals surface area (Å²) in [6, 6.07) is 19.1. The molecule has 0 saturated heterocycles. The zero-order chi connectivity index (χ0) is 17.9. The summed E-state index contributed by atoms with van der Waals surface area (Å²) in [4.78, 5) is 18.1. The van der Waals surface area contributed by atoms with Crippen LogP contribution in [-0.4, -0.2) is 23.1 Å². The van der Waals surface area contributed by atoms with Gasteiger partial charge in [0.15, 0.2) is 0 Å². The number of rotatable bonds is 5. The summed E-state index contributed by atoms with van der Waals surface area (Å²) < 4.78 is 13.1. The van der Waals surface area contributed by atoms with Gasteiger partial charge in [-0.1, -0.05) is 30.3 Å². The molecule has 4 rings (SSSR count). The van der Waals surface area contributed by atoms with Gasteiger partial charge in [-0.05, 0) is 29.8 Å². The van der Waals surface area contributed by atoms with Gasteiger partial charge in [-0.15, -0.1) is 0 Å². The third-order valence-corrected chi connectivity index (χ3v) is 4.30. The van der Waals surface area contributed by atoms with E-state index in [1.54, 1.807) is 10.6 Å². The van der Waals surface area contributed by atoms with E-state index >= 15 is 0 Å². The Labute approximate surface area is 151 Å². The van der Waals surface area contributed by atoms with Crippen molar-refractivity contribution < 1.29 is 9.47 Å². The lowest BCUT2D eigenvalue weighted by Gasteiger charge is -2.12. The fourth-order valence-corrected chi connectivity index (χ4v) is 2.87. The Morgan fingerprint density at radius 2 is 1.73 bits per heavy atom. The highest BCUT2D eigenvalue weighted by molar-refractivity contribution is 5.44. The molecule has 132 valence electrons. The lowest BCUT2D eigenvalue weighted by atomic mass is 10.2. The van der Waals surface area contributed by atoms with E-state index in [-0.39, 0.29) is 5.69 Å². The average molecular weight is 349 g/mol. The van der Waals surface area contributed by atoms with Crippen molar-refractivity contribution in [1.82, 2.24) is 9.55 Å². The van der Waals surface area contributed by atoms with E-state index in [2.05, 4.69) is 4.98 Å². The van der Waals surface area contributed by atoms with Crippen molar-refractivity contribution in [3.63, 3.8) is 0 Å². The maximum atomic E-state index is 12.0. The lowest BCUT2D eigenvalue weighted by molar-refractivity contribution is 0.291. The number of ether oxygens (including phenoxy) is 2. The molecule has 2 aromatic carbocycles. The molecule has 6 nitrogen and oxygen atoms in total. The van der Waals surface area contributed by atoms with Crippen LogP contribution in [0.5, 0.6) is 17.4 Å². The second-order valence-corrected chi connectivity index (χ2v) is 6.16. The fourth-order valence-electron chi connectivity index (χ4n) is 2.87. The average Bonchev–Trinajstić information content (AvgIpc) is 3.04. The highest BCUT2D eigenvalue weighted by atomic mass is 16.5. The van der Waals surface area contributed by atoms with Crippen molar-refractivity contribution in [2.75, 3.05) is 18.5 Å². The topological polar surface area (TPSA) is 56.6 Å². The van der Waals surface area contributed by atoms with Crippen LogP contribution in [0.1, 0.15) is 5.56 Å². The minimum absolute atomic E-state index is 0.270. The van der Waals surface area contributed by atoms with E-state index in [0.717, 1.165) is 29.4 Å². The molecule has 1 aliphatic heterocycles. The Hall–Kier alpha value is -3.28. The summed E-state index contributed by atoms with van der Waals surface area (Å²) in [5, 5.41) is 0. The van der Waals surface area contributed by atoms with Crippen LogP contribution < -0.4 is 20.1 Å². The van der Waals surface area contributed by atoms with Gasteiger partial charge in [0.25, 0.3) is 0 Å². The van der Waals surface area contributed by atoms with Gasteiger partial charge in [0.05, 0.1) is 0 Å². The monoisotopic (exact) mass is 349 g/mol. The highest BCUT2D eigenvalue weighted by Crippen LogP contribution is 2.23. The van der Waals surface area contributed by atoms with Crippen LogP contribution in [0.15, 0.2) is 65.5 Å². The molecule has 3 aromatic rings. The van der Waals surface area contributed by atoms with E-state index in [4.69, 9.17) is 9.47 Å². The number of nitrogens with zero attached hydrogens (tertiary/aromatic N) is 3. The van der Waals surface area contributed by atoms with E-state index in [1.165, 1.54) is 0 Å². The number of para-hydroxylation sites is 1. The first-order valence-electron chi connectivity index (χ1n) is 8.47. The van der Waals surface area contributed by atoms with E-state index in [0.29, 0.717) is 19.0 Å². The second kappa shape index (κ2) is 6.92. The first kappa shape index (κ1) is 16.2. The Morgan fingerprint density at radius 3 is 2.50 bits per heavy atom. The number of likely N-dealkylation sites (N-methyl/N-ethyl adjacent to an activating group) is 1. The first-order valence-corrected chi connectivity index (χ1v) is 8.47. The van der Waals surface area contributed by atoms with Crippen molar-refractivity contribution in [2.24, 2.45) is 0 Å². The summed E-state index contributed by atoms with van der Waals surface area (Å²) >= 11 is 0. The predicted molar refractivity (Wildman–Crippen MR) is 99.1 cm³/mol. The zero-order valence-electron chi connectivity index (χ0n) is 14.5. The molecule has 0 N–H and O–H groups in total. The smallest absolute Gasteiger partial charge is 0.352 e. The minimum Gasteiger partial charge on any atom is -0.473 e. The van der Waals surface area contributed by atoms with Crippen molar-refractivity contribution >= 4 is 5.82 Å². The third kappa shape index (κ3) is 3.39. The van der Waals surface area contributed by atoms with Crippen molar-refractivity contribution in [1.29, 1.82) is 0 Å². The predicted octanol–water partition coefficient (Wildman–Crippen LogP) is 3.06. The Bertz CT molecular complexity index is 952. The number of aromatic nitrogens is 2. The summed E-state index contributed by atoms with van der Waals surface area (Å²) in [5.41, 5.74) is 0.703. The Morgan fingerprint density at radius 1 is 1.00 bits per heavy atom. The normalized spacial score (nSPS) is 12.7. The molecular weight excluding hydrogens is 330 g/mol. The Balaban J connectivity index is 1.42. The number of anilines is 1. The zero-order valence-corrected chi connectivity index (χ0v) is 14.5. The highest BCUT2D eigenvalue weighted by Gasteiger charge is 2.18. The molecule has 0 bridgehead atoms. The molecule has 6 heteroatoms. The van der Waals surface area contributed by atoms with Crippen LogP contribution in [0.4, 0.5) is 5.82 Å². The van der Waals surface area contributed by atoms with Gasteiger partial charge in [-0.25, -0.2) is 4.79 Å². The fraction of sp³-hybridized carbons (Fsp3) is 0.200. The number of hydrogen-bond donors (Lipinski definition) is 0. The largest absolute Gasteiger partial charge is 0.473 e. The SMILES string of the molecule is CN1CCn2c1cc(OCc1ccc(Oc3ccccc3)cc1)nc2=O. The molecule has 0 aliphatic carbocycles. The van der Waals surface area contributed by atoms with Gasteiger partial charge in [0.2, 0.25) is 5.88 Å². The maximum Gasteiger partial charge on any atom is 0.352 e. The molecule has 26 heavy (non-hydrogen) atoms. The van der Waals surface area contributed by atoms with Crippen LogP contribution >= 0.6 is 0 Å². The van der Waals surface area contributed by atoms with Crippen LogP contribution in [0.2, 0.25) is 0 Å². The summed E-state index contributed by atoms with van der Waals surface area (Å²) in [6.45, 7) is 1.81. The summed E-state index contributed by atoms with van der Waals surface area (Å²) in [6.07, 6.45) is 0. The van der Waals surface area contributed by atoms with E-state index < -0.39 is 0 Å². The first-order chi connectivity index (χ1) is 12.7. The van der Waals surface area contributed by atoms with Crippen LogP contribution in [0, 0.1) is 0 Å². The van der Waals surface area contributed by atoms with Crippen LogP contribution in [0.3, 0.4) is 0 Å². The lowest BCUT2D eigenvalue weighted by Crippen LogP contribution is -2.22. The molecule has 0 atom stereocenters. The van der Waals surface area contributed by atoms with Crippen LogP contribution in [0.25, 0.3) is 0 Å². The molecule has 1 aromatic heterocycles. The van der Waals surface area contributed by atoms with Gasteiger partial charge < -0.3 is 14.4 Å². The molecule has 0 fully saturated rings. The van der Waals surface area contributed by atoms with Gasteiger partial charge in [-0.3, -0.25) is 4.57 Å². The van der Waals surface area contributed by atoms with Gasteiger partial charge in [0.1, 0.15) is 23.9 Å². The van der Waals surface area contributed by atoms with Crippen molar-refractivity contribution in [3.05, 3.63) is 76.7 Å². The number of fused-ring (bicyclic) bond motifs is 1. The second-order valence-electron chi connectivity index (χ2n) is 6.16. The molecule has 2 heterocycles. The molecular formula is C20H19N3O3. The molecule has 0 amide bonds. The number of benzene rings is 2. The van der Waals surface area contributed by atoms with Crippen molar-refractivity contribution in [3.8, 4) is 17.4 Å². The standard InChI is InChI=1S/C20H19N3O3/c1-22-11-12-23-19(22)13-18(21-20(23)24)25-14-15-7-9-17(10-8-15)26-16-5-3-2-4-6-16/h2-10,13H,11-12,14H2,1H3. The summed E-state index contributed by atoms with van der Waals surface area (Å²) in [5.74, 6) is 2.74. The molecule has 1 aliphatic rings. The number of hydrogen-bond acceptors (Lipinski definition) is 5. The minimum atomic E-state index is -0.270. The molecule has 0 saturated carbocycles. The summed E-state index contributed by atoms with van der Waals surface area (Å²) in [7, 11) is 1.95. The van der Waals surface area contributed by atoms with Gasteiger partial charge in [-0.2, -0.15) is 4.98 Å². The van der Waals surface area contributed by atoms with Crippen LogP contribution in [-0.2, 0) is 13.2 Å². The molecule has 0 spiro atoms. The quantitative estimate of drug-likeness (QED) is 0.709.